The number of hydrogen-bond donors (Lipinski definition) is 2. The van der Waals surface area contributed by atoms with Crippen LogP contribution in [0.1, 0.15) is 25.0 Å². The molecule has 0 aliphatic heterocycles. The van der Waals surface area contributed by atoms with E-state index in [1.54, 1.807) is 13.8 Å². The summed E-state index contributed by atoms with van der Waals surface area (Å²) in [5.74, 6) is 0. The first-order chi connectivity index (χ1) is 21.4. The Hall–Kier alpha value is -6.23. The first-order valence-electron chi connectivity index (χ1n) is 12.8. The lowest BCUT2D eigenvalue weighted by molar-refractivity contribution is -0.393. The lowest BCUT2D eigenvalue weighted by Gasteiger charge is -2.07. The molecule has 0 atom stereocenters. The van der Waals surface area contributed by atoms with Crippen LogP contribution < -0.4 is 10.9 Å². The predicted molar refractivity (Wildman–Crippen MR) is 168 cm³/mol. The maximum atomic E-state index is 11.3. The van der Waals surface area contributed by atoms with Gasteiger partial charge in [-0.15, -0.1) is 0 Å². The van der Waals surface area contributed by atoms with Crippen LogP contribution in [-0.2, 0) is 0 Å². The zero-order chi connectivity index (χ0) is 32.7. The summed E-state index contributed by atoms with van der Waals surface area (Å²) in [6, 6.07) is 21.4. The van der Waals surface area contributed by atoms with E-state index in [4.69, 9.17) is 0 Å². The lowest BCUT2D eigenvalue weighted by atomic mass is 10.1. The molecule has 0 saturated carbocycles. The van der Waals surface area contributed by atoms with Crippen LogP contribution in [0, 0.1) is 40.5 Å². The summed E-state index contributed by atoms with van der Waals surface area (Å²) < 4.78 is 0. The Morgan fingerprint density at radius 1 is 0.556 bits per heavy atom. The Kier molecular flexibility index (Phi) is 9.74. The number of rotatable bonds is 12. The van der Waals surface area contributed by atoms with Gasteiger partial charge in [0.25, 0.3) is 11.4 Å². The molecule has 0 bridgehead atoms. The molecule has 4 aromatic carbocycles. The third-order valence-corrected chi connectivity index (χ3v) is 7.26. The number of nitrogens with one attached hydrogen (secondary N) is 2. The van der Waals surface area contributed by atoms with Gasteiger partial charge in [-0.1, -0.05) is 36.0 Å². The van der Waals surface area contributed by atoms with E-state index in [1.807, 2.05) is 48.5 Å². The van der Waals surface area contributed by atoms with Crippen molar-refractivity contribution in [2.45, 2.75) is 23.6 Å². The molecule has 0 spiro atoms. The van der Waals surface area contributed by atoms with Crippen LogP contribution in [0.25, 0.3) is 0 Å². The molecule has 2 N–H and O–H groups in total. The lowest BCUT2D eigenvalue weighted by Crippen LogP contribution is -2.02. The zero-order valence-corrected chi connectivity index (χ0v) is 24.3. The van der Waals surface area contributed by atoms with Gasteiger partial charge in [0.1, 0.15) is 11.4 Å². The molecule has 4 rings (SSSR count). The molecular formula is C28H22N8O8S. The van der Waals surface area contributed by atoms with Crippen molar-refractivity contribution in [2.24, 2.45) is 10.2 Å². The zero-order valence-electron chi connectivity index (χ0n) is 23.4. The van der Waals surface area contributed by atoms with Crippen LogP contribution in [0.5, 0.6) is 0 Å². The van der Waals surface area contributed by atoms with E-state index < -0.39 is 42.4 Å². The van der Waals surface area contributed by atoms with Gasteiger partial charge in [0.05, 0.1) is 43.2 Å². The first kappa shape index (κ1) is 31.7. The fourth-order valence-electron chi connectivity index (χ4n) is 3.84. The van der Waals surface area contributed by atoms with Crippen molar-refractivity contribution in [1.29, 1.82) is 0 Å². The largest absolute Gasteiger partial charge is 0.301 e. The minimum absolute atomic E-state index is 0.0179. The van der Waals surface area contributed by atoms with Gasteiger partial charge in [0, 0.05) is 21.9 Å². The smallest absolute Gasteiger partial charge is 0.271 e. The number of hydrazone groups is 2. The molecule has 45 heavy (non-hydrogen) atoms. The molecule has 0 aliphatic rings. The number of hydrogen-bond acceptors (Lipinski definition) is 13. The monoisotopic (exact) mass is 630 g/mol. The molecule has 0 fully saturated rings. The van der Waals surface area contributed by atoms with Crippen molar-refractivity contribution in [3.05, 3.63) is 137 Å². The maximum absolute atomic E-state index is 11.3. The molecule has 0 aromatic heterocycles. The van der Waals surface area contributed by atoms with E-state index in [9.17, 15) is 40.5 Å². The number of non-ortho nitro benzene ring substituents is 2. The number of benzene rings is 4. The Balaban J connectivity index is 1.39. The SMILES string of the molecule is C/C(=N/Nc1ccc([N+](=O)[O-])cc1[N+](=O)[O-])c1ccc(Sc2ccc(/C(C)=N/Nc3ccc([N+](=O)[O-])cc3[N+](=O)[O-])cc2)cc1. The van der Waals surface area contributed by atoms with Gasteiger partial charge in [-0.05, 0) is 61.4 Å². The fraction of sp³-hybridized carbons (Fsp3) is 0.0714. The van der Waals surface area contributed by atoms with Gasteiger partial charge in [0.15, 0.2) is 0 Å². The summed E-state index contributed by atoms with van der Waals surface area (Å²) in [5.41, 5.74) is 6.09. The molecular weight excluding hydrogens is 608 g/mol. The van der Waals surface area contributed by atoms with Gasteiger partial charge in [-0.2, -0.15) is 10.2 Å². The molecule has 16 nitrogen and oxygen atoms in total. The number of nitro benzene ring substituents is 4. The molecule has 0 aliphatic carbocycles. The van der Waals surface area contributed by atoms with Crippen LogP contribution in [-0.4, -0.2) is 31.1 Å². The van der Waals surface area contributed by atoms with E-state index in [1.165, 1.54) is 23.9 Å². The van der Waals surface area contributed by atoms with Gasteiger partial charge in [0.2, 0.25) is 0 Å². The van der Waals surface area contributed by atoms with Crippen LogP contribution in [0.4, 0.5) is 34.1 Å². The van der Waals surface area contributed by atoms with E-state index in [-0.39, 0.29) is 11.4 Å². The Labute approximate surface area is 258 Å². The highest BCUT2D eigenvalue weighted by atomic mass is 32.2. The van der Waals surface area contributed by atoms with E-state index in [2.05, 4.69) is 21.1 Å². The second-order valence-corrected chi connectivity index (χ2v) is 10.3. The Morgan fingerprint density at radius 2 is 0.911 bits per heavy atom. The van der Waals surface area contributed by atoms with Crippen molar-refractivity contribution in [1.82, 2.24) is 0 Å². The van der Waals surface area contributed by atoms with Crippen molar-refractivity contribution < 1.29 is 19.7 Å². The van der Waals surface area contributed by atoms with Crippen LogP contribution in [0.15, 0.2) is 105 Å². The first-order valence-corrected chi connectivity index (χ1v) is 13.6. The molecule has 0 radical (unpaired) electrons. The Morgan fingerprint density at radius 3 is 1.22 bits per heavy atom. The van der Waals surface area contributed by atoms with E-state index in [0.29, 0.717) is 11.4 Å². The van der Waals surface area contributed by atoms with Gasteiger partial charge in [-0.25, -0.2) is 0 Å². The quantitative estimate of drug-likeness (QED) is 0.0908. The second-order valence-electron chi connectivity index (χ2n) is 9.20. The van der Waals surface area contributed by atoms with E-state index in [0.717, 1.165) is 45.2 Å². The maximum Gasteiger partial charge on any atom is 0.301 e. The molecule has 4 aromatic rings. The predicted octanol–water partition coefficient (Wildman–Crippen LogP) is 7.14. The van der Waals surface area contributed by atoms with Crippen molar-refractivity contribution in [3.63, 3.8) is 0 Å². The molecule has 228 valence electrons. The average Bonchev–Trinajstić information content (AvgIpc) is 3.02. The normalized spacial score (nSPS) is 11.5. The highest BCUT2D eigenvalue weighted by Gasteiger charge is 2.20. The van der Waals surface area contributed by atoms with Crippen molar-refractivity contribution >= 4 is 57.3 Å². The van der Waals surface area contributed by atoms with E-state index >= 15 is 0 Å². The summed E-state index contributed by atoms with van der Waals surface area (Å²) in [7, 11) is 0. The second kappa shape index (κ2) is 13.8. The minimum atomic E-state index is -0.723. The number of anilines is 2. The topological polar surface area (TPSA) is 221 Å². The number of nitrogens with zero attached hydrogens (tertiary/aromatic N) is 6. The van der Waals surface area contributed by atoms with Crippen LogP contribution in [0.2, 0.25) is 0 Å². The summed E-state index contributed by atoms with van der Waals surface area (Å²) in [6.45, 7) is 3.42. The number of nitro groups is 4. The standard InChI is InChI=1S/C28H22N8O8S/c1-17(29-31-25-13-7-21(33(37)38)15-27(25)35(41)42)19-3-9-23(10-4-19)45-24-11-5-20(6-12-24)18(2)30-32-26-14-8-22(34(39)40)16-28(26)36(43)44/h3-16,31-32H,1-2H3/b29-17-,30-18+. The molecule has 0 unspecified atom stereocenters. The fourth-order valence-corrected chi connectivity index (χ4v) is 4.66. The van der Waals surface area contributed by atoms with Crippen LogP contribution in [0.3, 0.4) is 0 Å². The highest BCUT2D eigenvalue weighted by molar-refractivity contribution is 7.99. The van der Waals surface area contributed by atoms with Crippen LogP contribution >= 0.6 is 11.8 Å². The third-order valence-electron chi connectivity index (χ3n) is 6.25. The van der Waals surface area contributed by atoms with Gasteiger partial charge >= 0.3 is 11.4 Å². The summed E-state index contributed by atoms with van der Waals surface area (Å²) in [4.78, 5) is 43.5. The summed E-state index contributed by atoms with van der Waals surface area (Å²) in [5, 5.41) is 52.9. The summed E-state index contributed by atoms with van der Waals surface area (Å²) >= 11 is 1.50. The molecule has 0 saturated heterocycles. The Bertz CT molecular complexity index is 1730. The molecule has 0 heterocycles. The van der Waals surface area contributed by atoms with Crippen molar-refractivity contribution in [2.75, 3.05) is 10.9 Å². The van der Waals surface area contributed by atoms with Crippen molar-refractivity contribution in [3.8, 4) is 0 Å². The molecule has 17 heteroatoms. The average molecular weight is 631 g/mol. The van der Waals surface area contributed by atoms with Gasteiger partial charge in [-0.3, -0.25) is 51.3 Å². The molecule has 0 amide bonds. The third kappa shape index (κ3) is 7.99. The summed E-state index contributed by atoms with van der Waals surface area (Å²) in [6.07, 6.45) is 0. The van der Waals surface area contributed by atoms with Gasteiger partial charge < -0.3 is 0 Å². The highest BCUT2D eigenvalue weighted by Crippen LogP contribution is 2.31. The minimum Gasteiger partial charge on any atom is -0.271 e.